The van der Waals surface area contributed by atoms with Crippen molar-refractivity contribution in [3.63, 3.8) is 0 Å². The SMILES string of the molecule is CCCC(CC)Oc1cccc2nc(C)cc(N)c12. The van der Waals surface area contributed by atoms with Gasteiger partial charge in [-0.3, -0.25) is 4.98 Å². The fourth-order valence-corrected chi connectivity index (χ4v) is 2.37. The molecule has 1 aromatic heterocycles. The van der Waals surface area contributed by atoms with E-state index in [1.807, 2.05) is 31.2 Å². The van der Waals surface area contributed by atoms with Crippen molar-refractivity contribution in [2.24, 2.45) is 0 Å². The average Bonchev–Trinajstić information content (AvgIpc) is 2.37. The molecule has 0 radical (unpaired) electrons. The van der Waals surface area contributed by atoms with E-state index >= 15 is 0 Å². The summed E-state index contributed by atoms with van der Waals surface area (Å²) in [6, 6.07) is 7.83. The molecule has 19 heavy (non-hydrogen) atoms. The first-order valence-electron chi connectivity index (χ1n) is 6.98. The Morgan fingerprint density at radius 2 is 2.11 bits per heavy atom. The van der Waals surface area contributed by atoms with Crippen LogP contribution in [-0.2, 0) is 0 Å². The van der Waals surface area contributed by atoms with Crippen LogP contribution in [0.1, 0.15) is 38.8 Å². The quantitative estimate of drug-likeness (QED) is 0.879. The minimum atomic E-state index is 0.247. The Bertz CT molecular complexity index is 566. The number of rotatable bonds is 5. The van der Waals surface area contributed by atoms with Gasteiger partial charge in [0.15, 0.2) is 0 Å². The van der Waals surface area contributed by atoms with Gasteiger partial charge in [-0.25, -0.2) is 0 Å². The third kappa shape index (κ3) is 2.98. The highest BCUT2D eigenvalue weighted by Crippen LogP contribution is 2.31. The molecule has 0 aliphatic carbocycles. The first kappa shape index (κ1) is 13.7. The molecule has 0 saturated carbocycles. The van der Waals surface area contributed by atoms with Crippen LogP contribution in [0, 0.1) is 6.92 Å². The number of nitrogen functional groups attached to an aromatic ring is 1. The summed E-state index contributed by atoms with van der Waals surface area (Å²) in [5.74, 6) is 0.850. The van der Waals surface area contributed by atoms with Gasteiger partial charge in [-0.15, -0.1) is 0 Å². The molecule has 0 fully saturated rings. The lowest BCUT2D eigenvalue weighted by atomic mass is 10.1. The molecule has 3 nitrogen and oxygen atoms in total. The van der Waals surface area contributed by atoms with Crippen molar-refractivity contribution in [1.82, 2.24) is 4.98 Å². The van der Waals surface area contributed by atoms with Gasteiger partial charge >= 0.3 is 0 Å². The standard InChI is InChI=1S/C16H22N2O/c1-4-7-12(5-2)19-15-9-6-8-14-16(15)13(17)10-11(3)18-14/h6,8-10,12H,4-5,7H2,1-3H3,(H2,17,18). The van der Waals surface area contributed by atoms with E-state index in [2.05, 4.69) is 18.8 Å². The Labute approximate surface area is 114 Å². The highest BCUT2D eigenvalue weighted by molar-refractivity contribution is 5.95. The fraction of sp³-hybridized carbons (Fsp3) is 0.438. The lowest BCUT2D eigenvalue weighted by Crippen LogP contribution is -2.15. The summed E-state index contributed by atoms with van der Waals surface area (Å²) < 4.78 is 6.12. The van der Waals surface area contributed by atoms with Gasteiger partial charge in [-0.1, -0.05) is 26.3 Å². The van der Waals surface area contributed by atoms with Gasteiger partial charge in [0.2, 0.25) is 0 Å². The van der Waals surface area contributed by atoms with Gasteiger partial charge < -0.3 is 10.5 Å². The molecule has 1 aromatic carbocycles. The normalized spacial score (nSPS) is 12.6. The minimum absolute atomic E-state index is 0.247. The number of anilines is 1. The van der Waals surface area contributed by atoms with Crippen LogP contribution in [-0.4, -0.2) is 11.1 Å². The number of fused-ring (bicyclic) bond motifs is 1. The largest absolute Gasteiger partial charge is 0.490 e. The zero-order valence-corrected chi connectivity index (χ0v) is 11.9. The molecule has 1 atom stereocenters. The number of nitrogens with two attached hydrogens (primary N) is 1. The van der Waals surface area contributed by atoms with E-state index in [0.717, 1.165) is 47.3 Å². The number of pyridine rings is 1. The van der Waals surface area contributed by atoms with Gasteiger partial charge in [0.25, 0.3) is 0 Å². The summed E-state index contributed by atoms with van der Waals surface area (Å²) in [7, 11) is 0. The third-order valence-electron chi connectivity index (χ3n) is 3.31. The first-order valence-corrected chi connectivity index (χ1v) is 6.98. The maximum absolute atomic E-state index is 6.13. The van der Waals surface area contributed by atoms with E-state index in [1.165, 1.54) is 0 Å². The molecule has 0 aliphatic heterocycles. The van der Waals surface area contributed by atoms with Crippen molar-refractivity contribution in [2.75, 3.05) is 5.73 Å². The maximum Gasteiger partial charge on any atom is 0.131 e. The van der Waals surface area contributed by atoms with Crippen LogP contribution in [0.4, 0.5) is 5.69 Å². The van der Waals surface area contributed by atoms with Crippen LogP contribution in [0.25, 0.3) is 10.9 Å². The number of aromatic nitrogens is 1. The molecular weight excluding hydrogens is 236 g/mol. The second-order valence-electron chi connectivity index (χ2n) is 4.94. The maximum atomic E-state index is 6.13. The number of hydrogen-bond donors (Lipinski definition) is 1. The molecule has 0 aliphatic rings. The van der Waals surface area contributed by atoms with Gasteiger partial charge in [0, 0.05) is 11.4 Å². The van der Waals surface area contributed by atoms with Crippen molar-refractivity contribution < 1.29 is 4.74 Å². The molecule has 0 bridgehead atoms. The van der Waals surface area contributed by atoms with Crippen molar-refractivity contribution in [1.29, 1.82) is 0 Å². The topological polar surface area (TPSA) is 48.1 Å². The first-order chi connectivity index (χ1) is 9.15. The van der Waals surface area contributed by atoms with E-state index < -0.39 is 0 Å². The molecule has 2 N–H and O–H groups in total. The van der Waals surface area contributed by atoms with Crippen LogP contribution in [0.3, 0.4) is 0 Å². The van der Waals surface area contributed by atoms with Crippen LogP contribution in [0.2, 0.25) is 0 Å². The van der Waals surface area contributed by atoms with Crippen LogP contribution < -0.4 is 10.5 Å². The molecule has 0 amide bonds. The summed E-state index contributed by atoms with van der Waals surface area (Å²) in [6.07, 6.45) is 3.43. The number of nitrogens with zero attached hydrogens (tertiary/aromatic N) is 1. The van der Waals surface area contributed by atoms with E-state index in [1.54, 1.807) is 0 Å². The van der Waals surface area contributed by atoms with Gasteiger partial charge in [-0.05, 0) is 38.0 Å². The van der Waals surface area contributed by atoms with Crippen molar-refractivity contribution in [2.45, 2.75) is 46.1 Å². The van der Waals surface area contributed by atoms with Gasteiger partial charge in [-0.2, -0.15) is 0 Å². The Balaban J connectivity index is 2.43. The summed E-state index contributed by atoms with van der Waals surface area (Å²) >= 11 is 0. The molecule has 2 aromatic rings. The van der Waals surface area contributed by atoms with E-state index in [4.69, 9.17) is 10.5 Å². The summed E-state index contributed by atoms with van der Waals surface area (Å²) in [4.78, 5) is 4.52. The van der Waals surface area contributed by atoms with E-state index in [9.17, 15) is 0 Å². The lowest BCUT2D eigenvalue weighted by Gasteiger charge is -2.18. The summed E-state index contributed by atoms with van der Waals surface area (Å²) in [5.41, 5.74) is 8.71. The number of ether oxygens (including phenoxy) is 1. The fourth-order valence-electron chi connectivity index (χ4n) is 2.37. The van der Waals surface area contributed by atoms with Crippen LogP contribution in [0.5, 0.6) is 5.75 Å². The molecule has 1 heterocycles. The second-order valence-corrected chi connectivity index (χ2v) is 4.94. The van der Waals surface area contributed by atoms with Crippen molar-refractivity contribution in [3.8, 4) is 5.75 Å². The average molecular weight is 258 g/mol. The highest BCUT2D eigenvalue weighted by Gasteiger charge is 2.12. The molecule has 3 heteroatoms. The van der Waals surface area contributed by atoms with Crippen LogP contribution in [0.15, 0.2) is 24.3 Å². The third-order valence-corrected chi connectivity index (χ3v) is 3.31. The molecule has 0 saturated heterocycles. The zero-order valence-electron chi connectivity index (χ0n) is 11.9. The monoisotopic (exact) mass is 258 g/mol. The number of benzene rings is 1. The smallest absolute Gasteiger partial charge is 0.131 e. The Hall–Kier alpha value is -1.77. The molecule has 1 unspecified atom stereocenters. The zero-order chi connectivity index (χ0) is 13.8. The molecule has 2 rings (SSSR count). The van der Waals surface area contributed by atoms with Crippen molar-refractivity contribution in [3.05, 3.63) is 30.0 Å². The van der Waals surface area contributed by atoms with E-state index in [-0.39, 0.29) is 6.10 Å². The molecule has 0 spiro atoms. The highest BCUT2D eigenvalue weighted by atomic mass is 16.5. The van der Waals surface area contributed by atoms with Gasteiger partial charge in [0.05, 0.1) is 17.0 Å². The summed E-state index contributed by atoms with van der Waals surface area (Å²) in [5, 5.41) is 0.933. The minimum Gasteiger partial charge on any atom is -0.490 e. The molecular formula is C16H22N2O. The number of aryl methyl sites for hydroxylation is 1. The van der Waals surface area contributed by atoms with Crippen LogP contribution >= 0.6 is 0 Å². The molecule has 102 valence electrons. The Morgan fingerprint density at radius 3 is 2.79 bits per heavy atom. The summed E-state index contributed by atoms with van der Waals surface area (Å²) in [6.45, 7) is 6.28. The predicted octanol–water partition coefficient (Wildman–Crippen LogP) is 4.08. The lowest BCUT2D eigenvalue weighted by molar-refractivity contribution is 0.188. The van der Waals surface area contributed by atoms with Crippen molar-refractivity contribution >= 4 is 16.6 Å². The Morgan fingerprint density at radius 1 is 1.32 bits per heavy atom. The van der Waals surface area contributed by atoms with E-state index in [0.29, 0.717) is 0 Å². The predicted molar refractivity (Wildman–Crippen MR) is 80.5 cm³/mol. The second kappa shape index (κ2) is 5.91. The van der Waals surface area contributed by atoms with Gasteiger partial charge in [0.1, 0.15) is 5.75 Å². The number of hydrogen-bond acceptors (Lipinski definition) is 3. The Kier molecular flexibility index (Phi) is 4.25.